The van der Waals surface area contributed by atoms with E-state index in [4.69, 9.17) is 4.74 Å². The van der Waals surface area contributed by atoms with Gasteiger partial charge in [-0.25, -0.2) is 0 Å². The van der Waals surface area contributed by atoms with Crippen LogP contribution in [0.2, 0.25) is 0 Å². The molecule has 0 N–H and O–H groups in total. The average Bonchev–Trinajstić information content (AvgIpc) is 2.47. The first-order valence-electron chi connectivity index (χ1n) is 7.03. The lowest BCUT2D eigenvalue weighted by atomic mass is 9.78. The van der Waals surface area contributed by atoms with Crippen molar-refractivity contribution in [3.05, 3.63) is 42.2 Å². The molecule has 0 atom stereocenters. The topological polar surface area (TPSA) is 9.23 Å². The lowest BCUT2D eigenvalue weighted by Crippen LogP contribution is -2.13. The van der Waals surface area contributed by atoms with Crippen molar-refractivity contribution in [1.82, 2.24) is 0 Å². The van der Waals surface area contributed by atoms with Gasteiger partial charge < -0.3 is 4.74 Å². The lowest BCUT2D eigenvalue weighted by Gasteiger charge is -2.28. The van der Waals surface area contributed by atoms with E-state index >= 15 is 0 Å². The fraction of sp³-hybridized carbons (Fsp3) is 0.500. The molecule has 1 aromatic carbocycles. The third-order valence-electron chi connectivity index (χ3n) is 4.00. The Morgan fingerprint density at radius 2 is 1.80 bits per heavy atom. The number of alkyl halides is 1. The first-order chi connectivity index (χ1) is 9.69. The zero-order valence-corrected chi connectivity index (χ0v) is 12.9. The van der Waals surface area contributed by atoms with E-state index in [1.807, 2.05) is 12.1 Å². The molecule has 110 valence electrons. The highest BCUT2D eigenvalue weighted by atomic mass is 79.9. The highest BCUT2D eigenvalue weighted by molar-refractivity contribution is 9.09. The minimum atomic E-state index is -1.82. The fourth-order valence-corrected chi connectivity index (χ4v) is 3.52. The van der Waals surface area contributed by atoms with E-state index in [9.17, 15) is 8.78 Å². The van der Waals surface area contributed by atoms with Crippen molar-refractivity contribution >= 4 is 15.9 Å². The number of rotatable bonds is 5. The van der Waals surface area contributed by atoms with Crippen molar-refractivity contribution in [2.75, 3.05) is 5.33 Å². The molecular weight excluding hydrogens is 326 g/mol. The van der Waals surface area contributed by atoms with Gasteiger partial charge in [0.05, 0.1) is 0 Å². The van der Waals surface area contributed by atoms with E-state index in [0.29, 0.717) is 17.9 Å². The summed E-state index contributed by atoms with van der Waals surface area (Å²) in [6.07, 6.45) is 4.92. The van der Waals surface area contributed by atoms with E-state index in [1.165, 1.54) is 37.7 Å². The maximum absolute atomic E-state index is 11.9. The molecule has 20 heavy (non-hydrogen) atoms. The zero-order valence-electron chi connectivity index (χ0n) is 11.3. The van der Waals surface area contributed by atoms with Crippen molar-refractivity contribution < 1.29 is 13.5 Å². The monoisotopic (exact) mass is 344 g/mol. The van der Waals surface area contributed by atoms with Crippen LogP contribution < -0.4 is 4.74 Å². The van der Waals surface area contributed by atoms with Crippen LogP contribution in [0.3, 0.4) is 0 Å². The average molecular weight is 345 g/mol. The molecule has 0 aromatic heterocycles. The van der Waals surface area contributed by atoms with Crippen molar-refractivity contribution in [3.63, 3.8) is 0 Å². The molecule has 0 saturated heterocycles. The molecule has 0 bridgehead atoms. The molecule has 4 heteroatoms. The van der Waals surface area contributed by atoms with Gasteiger partial charge in [0.25, 0.3) is 0 Å². The quantitative estimate of drug-likeness (QED) is 0.480. The summed E-state index contributed by atoms with van der Waals surface area (Å²) in [7, 11) is 0. The molecule has 1 nitrogen and oxygen atoms in total. The summed E-state index contributed by atoms with van der Waals surface area (Å²) in [6, 6.07) is 7.52. The van der Waals surface area contributed by atoms with Crippen LogP contribution in [0.25, 0.3) is 0 Å². The number of hydrogen-bond acceptors (Lipinski definition) is 1. The molecule has 0 heterocycles. The van der Waals surface area contributed by atoms with Crippen molar-refractivity contribution in [2.24, 2.45) is 5.92 Å². The van der Waals surface area contributed by atoms with E-state index < -0.39 is 6.08 Å². The van der Waals surface area contributed by atoms with Gasteiger partial charge in [-0.1, -0.05) is 28.1 Å². The molecule has 1 fully saturated rings. The molecule has 1 saturated carbocycles. The maximum atomic E-state index is 11.9. The van der Waals surface area contributed by atoms with Gasteiger partial charge in [-0.3, -0.25) is 0 Å². The van der Waals surface area contributed by atoms with Crippen molar-refractivity contribution in [1.29, 1.82) is 0 Å². The van der Waals surface area contributed by atoms with Crippen LogP contribution in [0.15, 0.2) is 36.6 Å². The van der Waals surface area contributed by atoms with Gasteiger partial charge in [-0.05, 0) is 61.6 Å². The predicted octanol–water partition coefficient (Wildman–Crippen LogP) is 5.86. The molecule has 1 aliphatic carbocycles. The molecular formula is C16H19BrF2O. The van der Waals surface area contributed by atoms with Gasteiger partial charge in [0.15, 0.2) is 6.26 Å². The Kier molecular flexibility index (Phi) is 6.02. The SMILES string of the molecule is FC(F)=COc1ccc(C2CCC(CCBr)CC2)cc1. The Morgan fingerprint density at radius 1 is 1.15 bits per heavy atom. The maximum Gasteiger partial charge on any atom is 0.305 e. The molecule has 0 spiro atoms. The summed E-state index contributed by atoms with van der Waals surface area (Å²) in [5, 5.41) is 1.09. The lowest BCUT2D eigenvalue weighted by molar-refractivity contribution is 0.320. The first kappa shape index (κ1) is 15.5. The Hall–Kier alpha value is -0.900. The van der Waals surface area contributed by atoms with Gasteiger partial charge in [-0.15, -0.1) is 0 Å². The van der Waals surface area contributed by atoms with Crippen LogP contribution in [0.4, 0.5) is 8.78 Å². The first-order valence-corrected chi connectivity index (χ1v) is 8.15. The second-order valence-corrected chi connectivity index (χ2v) is 6.08. The zero-order chi connectivity index (χ0) is 14.4. The minimum Gasteiger partial charge on any atom is -0.459 e. The Balaban J connectivity index is 1.89. The van der Waals surface area contributed by atoms with E-state index in [-0.39, 0.29) is 0 Å². The summed E-state index contributed by atoms with van der Waals surface area (Å²) >= 11 is 3.51. The summed E-state index contributed by atoms with van der Waals surface area (Å²) in [4.78, 5) is 0. The van der Waals surface area contributed by atoms with Crippen LogP contribution in [-0.4, -0.2) is 5.33 Å². The largest absolute Gasteiger partial charge is 0.459 e. The van der Waals surface area contributed by atoms with Crippen molar-refractivity contribution in [2.45, 2.75) is 38.0 Å². The van der Waals surface area contributed by atoms with Gasteiger partial charge >= 0.3 is 6.08 Å². The van der Waals surface area contributed by atoms with E-state index in [1.54, 1.807) is 12.1 Å². The predicted molar refractivity (Wildman–Crippen MR) is 80.5 cm³/mol. The van der Waals surface area contributed by atoms with Crippen LogP contribution >= 0.6 is 15.9 Å². The summed E-state index contributed by atoms with van der Waals surface area (Å²) in [5.41, 5.74) is 1.29. The normalized spacial score (nSPS) is 22.4. The second kappa shape index (κ2) is 7.77. The number of benzene rings is 1. The molecule has 1 aliphatic rings. The third kappa shape index (κ3) is 4.58. The van der Waals surface area contributed by atoms with Crippen LogP contribution in [0, 0.1) is 5.92 Å². The van der Waals surface area contributed by atoms with Gasteiger partial charge in [0.1, 0.15) is 5.75 Å². The minimum absolute atomic E-state index is 0.453. The third-order valence-corrected chi connectivity index (χ3v) is 4.46. The molecule has 0 amide bonds. The highest BCUT2D eigenvalue weighted by Crippen LogP contribution is 2.37. The molecule has 1 aromatic rings. The summed E-state index contributed by atoms with van der Waals surface area (Å²) in [5.74, 6) is 1.91. The van der Waals surface area contributed by atoms with E-state index in [0.717, 1.165) is 11.2 Å². The summed E-state index contributed by atoms with van der Waals surface area (Å²) in [6.45, 7) is 0. The fourth-order valence-electron chi connectivity index (χ4n) is 2.87. The Bertz CT molecular complexity index is 432. The standard InChI is InChI=1S/C16H19BrF2O/c17-10-9-12-1-3-13(4-2-12)14-5-7-15(8-6-14)20-11-16(18)19/h5-8,11-13H,1-4,9-10H2. The van der Waals surface area contributed by atoms with Crippen molar-refractivity contribution in [3.8, 4) is 5.75 Å². The van der Waals surface area contributed by atoms with Gasteiger partial charge in [0.2, 0.25) is 0 Å². The molecule has 0 radical (unpaired) electrons. The van der Waals surface area contributed by atoms with Gasteiger partial charge in [0, 0.05) is 5.33 Å². The highest BCUT2D eigenvalue weighted by Gasteiger charge is 2.21. The number of hydrogen-bond donors (Lipinski definition) is 0. The van der Waals surface area contributed by atoms with E-state index in [2.05, 4.69) is 15.9 Å². The number of halogens is 3. The Morgan fingerprint density at radius 3 is 2.35 bits per heavy atom. The second-order valence-electron chi connectivity index (χ2n) is 5.29. The molecule has 2 rings (SSSR count). The van der Waals surface area contributed by atoms with Crippen LogP contribution in [0.5, 0.6) is 5.75 Å². The van der Waals surface area contributed by atoms with Gasteiger partial charge in [-0.2, -0.15) is 8.78 Å². The Labute approximate surface area is 127 Å². The number of ether oxygens (including phenoxy) is 1. The summed E-state index contributed by atoms with van der Waals surface area (Å²) < 4.78 is 28.7. The van der Waals surface area contributed by atoms with Crippen LogP contribution in [0.1, 0.15) is 43.6 Å². The molecule has 0 aliphatic heterocycles. The van der Waals surface area contributed by atoms with Crippen LogP contribution in [-0.2, 0) is 0 Å². The smallest absolute Gasteiger partial charge is 0.305 e. The molecule has 0 unspecified atom stereocenters.